The summed E-state index contributed by atoms with van der Waals surface area (Å²) in [5, 5.41) is 0. The second-order valence-electron chi connectivity index (χ2n) is 4.03. The van der Waals surface area contributed by atoms with Crippen LogP contribution in [0.2, 0.25) is 0 Å². The Morgan fingerprint density at radius 3 is 2.58 bits per heavy atom. The average molecular weight is 259 g/mol. The van der Waals surface area contributed by atoms with E-state index in [9.17, 15) is 0 Å². The summed E-state index contributed by atoms with van der Waals surface area (Å²) in [6.45, 7) is 0. The zero-order valence-electron chi connectivity index (χ0n) is 11.3. The van der Waals surface area contributed by atoms with Crippen molar-refractivity contribution < 1.29 is 9.47 Å². The highest BCUT2D eigenvalue weighted by molar-refractivity contribution is 5.63. The van der Waals surface area contributed by atoms with Crippen LogP contribution in [0, 0.1) is 0 Å². The number of rotatable bonds is 4. The number of nitrogen functional groups attached to an aromatic ring is 1. The van der Waals surface area contributed by atoms with E-state index in [1.54, 1.807) is 20.3 Å². The van der Waals surface area contributed by atoms with E-state index in [0.717, 1.165) is 17.3 Å². The summed E-state index contributed by atoms with van der Waals surface area (Å²) < 4.78 is 10.3. The fourth-order valence-electron chi connectivity index (χ4n) is 1.74. The van der Waals surface area contributed by atoms with Crippen molar-refractivity contribution >= 4 is 17.2 Å². The maximum absolute atomic E-state index is 5.76. The largest absolute Gasteiger partial charge is 0.497 e. The number of hydrogen-bond donors (Lipinski definition) is 1. The third-order valence-corrected chi connectivity index (χ3v) is 2.85. The fraction of sp³-hybridized carbons (Fsp3) is 0.214. The first kappa shape index (κ1) is 13.0. The van der Waals surface area contributed by atoms with E-state index < -0.39 is 0 Å². The van der Waals surface area contributed by atoms with Gasteiger partial charge < -0.3 is 20.1 Å². The molecular formula is C14H17N3O2. The number of hydrogen-bond acceptors (Lipinski definition) is 5. The van der Waals surface area contributed by atoms with Gasteiger partial charge in [-0.3, -0.25) is 0 Å². The first-order chi connectivity index (χ1) is 9.15. The zero-order valence-corrected chi connectivity index (χ0v) is 11.3. The van der Waals surface area contributed by atoms with Gasteiger partial charge >= 0.3 is 0 Å². The van der Waals surface area contributed by atoms with Gasteiger partial charge in [0.15, 0.2) is 0 Å². The predicted molar refractivity (Wildman–Crippen MR) is 76.3 cm³/mol. The summed E-state index contributed by atoms with van der Waals surface area (Å²) in [7, 11) is 5.12. The summed E-state index contributed by atoms with van der Waals surface area (Å²) in [5.41, 5.74) is 7.25. The molecule has 5 heteroatoms. The Hall–Kier alpha value is -2.43. The van der Waals surface area contributed by atoms with Gasteiger partial charge in [-0.15, -0.1) is 0 Å². The van der Waals surface area contributed by atoms with Crippen LogP contribution in [0.3, 0.4) is 0 Å². The summed E-state index contributed by atoms with van der Waals surface area (Å²) in [6.07, 6.45) is 0. The van der Waals surface area contributed by atoms with Crippen LogP contribution in [-0.2, 0) is 0 Å². The van der Waals surface area contributed by atoms with Gasteiger partial charge in [-0.2, -0.15) is 4.98 Å². The van der Waals surface area contributed by atoms with Crippen molar-refractivity contribution in [3.63, 3.8) is 0 Å². The quantitative estimate of drug-likeness (QED) is 0.913. The third-order valence-electron chi connectivity index (χ3n) is 2.85. The molecule has 1 heterocycles. The first-order valence-electron chi connectivity index (χ1n) is 5.84. The molecule has 2 rings (SSSR count). The van der Waals surface area contributed by atoms with E-state index in [0.29, 0.717) is 11.6 Å². The normalized spacial score (nSPS) is 10.1. The number of anilines is 3. The van der Waals surface area contributed by atoms with Crippen molar-refractivity contribution in [3.05, 3.63) is 36.4 Å². The number of methoxy groups -OCH3 is 2. The minimum absolute atomic E-state index is 0.423. The highest BCUT2D eigenvalue weighted by Crippen LogP contribution is 2.28. The molecule has 100 valence electrons. The van der Waals surface area contributed by atoms with E-state index in [4.69, 9.17) is 15.2 Å². The Kier molecular flexibility index (Phi) is 3.75. The molecule has 19 heavy (non-hydrogen) atoms. The monoisotopic (exact) mass is 259 g/mol. The van der Waals surface area contributed by atoms with Crippen molar-refractivity contribution in [1.29, 1.82) is 0 Å². The van der Waals surface area contributed by atoms with Crippen molar-refractivity contribution in [2.75, 3.05) is 31.9 Å². The number of benzene rings is 1. The molecule has 0 atom stereocenters. The molecule has 0 radical (unpaired) electrons. The summed E-state index contributed by atoms with van der Waals surface area (Å²) in [6, 6.07) is 11.4. The van der Waals surface area contributed by atoms with E-state index in [1.807, 2.05) is 42.3 Å². The Morgan fingerprint density at radius 2 is 1.89 bits per heavy atom. The third kappa shape index (κ3) is 2.70. The topological polar surface area (TPSA) is 60.6 Å². The molecule has 2 aromatic rings. The second kappa shape index (κ2) is 5.48. The smallest absolute Gasteiger partial charge is 0.238 e. The molecule has 0 saturated heterocycles. The summed E-state index contributed by atoms with van der Waals surface area (Å²) in [4.78, 5) is 6.30. The lowest BCUT2D eigenvalue weighted by atomic mass is 10.2. The number of aromatic nitrogens is 1. The SMILES string of the molecule is COc1cccc(N(C)c2ccc(N)c(OC)n2)c1. The molecule has 0 amide bonds. The lowest BCUT2D eigenvalue weighted by molar-refractivity contribution is 0.400. The molecule has 0 saturated carbocycles. The molecule has 5 nitrogen and oxygen atoms in total. The van der Waals surface area contributed by atoms with Crippen molar-refractivity contribution in [1.82, 2.24) is 4.98 Å². The Morgan fingerprint density at radius 1 is 1.11 bits per heavy atom. The lowest BCUT2D eigenvalue weighted by Crippen LogP contribution is -2.12. The Balaban J connectivity index is 2.35. The maximum atomic E-state index is 5.76. The van der Waals surface area contributed by atoms with Crippen LogP contribution in [0.4, 0.5) is 17.2 Å². The standard InChI is InChI=1S/C14H17N3O2/c1-17(10-5-4-6-11(9-10)18-2)13-8-7-12(15)14(16-13)19-3/h4-9H,15H2,1-3H3. The highest BCUT2D eigenvalue weighted by atomic mass is 16.5. The first-order valence-corrected chi connectivity index (χ1v) is 5.84. The maximum Gasteiger partial charge on any atom is 0.238 e. The average Bonchev–Trinajstić information content (AvgIpc) is 2.47. The molecule has 0 bridgehead atoms. The van der Waals surface area contributed by atoms with Gasteiger partial charge in [0.2, 0.25) is 5.88 Å². The van der Waals surface area contributed by atoms with Crippen LogP contribution in [0.25, 0.3) is 0 Å². The van der Waals surface area contributed by atoms with Crippen molar-refractivity contribution in [3.8, 4) is 11.6 Å². The van der Waals surface area contributed by atoms with E-state index >= 15 is 0 Å². The van der Waals surface area contributed by atoms with Gasteiger partial charge in [-0.25, -0.2) is 0 Å². The van der Waals surface area contributed by atoms with Crippen LogP contribution in [0.5, 0.6) is 11.6 Å². The number of nitrogens with zero attached hydrogens (tertiary/aromatic N) is 2. The molecule has 0 aliphatic carbocycles. The van der Waals surface area contributed by atoms with E-state index in [-0.39, 0.29) is 0 Å². The van der Waals surface area contributed by atoms with Crippen LogP contribution in [0.15, 0.2) is 36.4 Å². The summed E-state index contributed by atoms with van der Waals surface area (Å²) >= 11 is 0. The molecular weight excluding hydrogens is 242 g/mol. The van der Waals surface area contributed by atoms with Gasteiger partial charge in [0, 0.05) is 18.8 Å². The zero-order chi connectivity index (χ0) is 13.8. The molecule has 2 N–H and O–H groups in total. The van der Waals surface area contributed by atoms with Crippen LogP contribution >= 0.6 is 0 Å². The van der Waals surface area contributed by atoms with Gasteiger partial charge in [0.1, 0.15) is 11.6 Å². The molecule has 0 aliphatic heterocycles. The second-order valence-corrected chi connectivity index (χ2v) is 4.03. The van der Waals surface area contributed by atoms with Crippen LogP contribution < -0.4 is 20.1 Å². The van der Waals surface area contributed by atoms with E-state index in [2.05, 4.69) is 4.98 Å². The Bertz CT molecular complexity index is 572. The van der Waals surface area contributed by atoms with Crippen LogP contribution in [0.1, 0.15) is 0 Å². The van der Waals surface area contributed by atoms with Crippen molar-refractivity contribution in [2.45, 2.75) is 0 Å². The molecule has 1 aromatic carbocycles. The van der Waals surface area contributed by atoms with Crippen LogP contribution in [-0.4, -0.2) is 26.3 Å². The molecule has 0 unspecified atom stereocenters. The molecule has 1 aromatic heterocycles. The van der Waals surface area contributed by atoms with E-state index in [1.165, 1.54) is 0 Å². The molecule has 0 spiro atoms. The minimum atomic E-state index is 0.423. The summed E-state index contributed by atoms with van der Waals surface area (Å²) in [5.74, 6) is 1.97. The predicted octanol–water partition coefficient (Wildman–Crippen LogP) is 2.45. The number of ether oxygens (including phenoxy) is 2. The van der Waals surface area contributed by atoms with Gasteiger partial charge in [-0.05, 0) is 24.3 Å². The number of nitrogens with two attached hydrogens (primary N) is 1. The van der Waals surface area contributed by atoms with Gasteiger partial charge in [-0.1, -0.05) is 6.07 Å². The molecule has 0 fully saturated rings. The minimum Gasteiger partial charge on any atom is -0.497 e. The highest BCUT2D eigenvalue weighted by Gasteiger charge is 2.09. The Labute approximate surface area is 112 Å². The van der Waals surface area contributed by atoms with Gasteiger partial charge in [0.25, 0.3) is 0 Å². The van der Waals surface area contributed by atoms with Crippen molar-refractivity contribution in [2.24, 2.45) is 0 Å². The van der Waals surface area contributed by atoms with Gasteiger partial charge in [0.05, 0.1) is 19.9 Å². The lowest BCUT2D eigenvalue weighted by Gasteiger charge is -2.19. The molecule has 0 aliphatic rings. The fourth-order valence-corrected chi connectivity index (χ4v) is 1.74. The number of pyridine rings is 1.